The number of hydrogen-bond donors (Lipinski definition) is 0. The standard InChI is InChI=1S/C17H19NO6S/c1-10-4-6-11(7-5-10)25(20,21)18-12-8-9-13-15(14(12)22-16(18)19)24-17(2,3)23-13/h4-9,12-15H,1-3H3/t12-,13-,14-,15-/m0/s1. The largest absolute Gasteiger partial charge is 0.440 e. The van der Waals surface area contributed by atoms with Gasteiger partial charge < -0.3 is 14.2 Å². The average molecular weight is 365 g/mol. The van der Waals surface area contributed by atoms with Gasteiger partial charge in [0.05, 0.1) is 4.90 Å². The first-order valence-electron chi connectivity index (χ1n) is 8.05. The summed E-state index contributed by atoms with van der Waals surface area (Å²) in [7, 11) is -4.02. The van der Waals surface area contributed by atoms with Crippen molar-refractivity contribution < 1.29 is 27.4 Å². The van der Waals surface area contributed by atoms with Gasteiger partial charge in [-0.05, 0) is 32.9 Å². The van der Waals surface area contributed by atoms with Crippen LogP contribution < -0.4 is 0 Å². The SMILES string of the molecule is Cc1ccc(S(=O)(=O)N2C(=O)O[C@@H]3[C@H]4OC(C)(C)O[C@H]4C=C[C@@H]32)cc1. The number of nitrogens with zero attached hydrogens (tertiary/aromatic N) is 1. The zero-order valence-corrected chi connectivity index (χ0v) is 14.9. The molecule has 0 spiro atoms. The molecule has 7 nitrogen and oxygen atoms in total. The maximum Gasteiger partial charge on any atom is 0.425 e. The molecule has 134 valence electrons. The number of aryl methyl sites for hydroxylation is 1. The molecule has 0 saturated carbocycles. The van der Waals surface area contributed by atoms with Crippen LogP contribution in [0.2, 0.25) is 0 Å². The number of carbonyl (C=O) groups is 1. The van der Waals surface area contributed by atoms with Gasteiger partial charge in [0.1, 0.15) is 18.2 Å². The normalized spacial score (nSPS) is 33.1. The molecule has 3 aliphatic rings. The minimum atomic E-state index is -4.02. The van der Waals surface area contributed by atoms with Crippen LogP contribution in [0.15, 0.2) is 41.3 Å². The Hall–Kier alpha value is -1.90. The topological polar surface area (TPSA) is 82.1 Å². The Morgan fingerprint density at radius 1 is 1.04 bits per heavy atom. The molecule has 2 fully saturated rings. The van der Waals surface area contributed by atoms with Crippen LogP contribution in [-0.2, 0) is 24.2 Å². The number of amides is 1. The van der Waals surface area contributed by atoms with Gasteiger partial charge in [0.2, 0.25) is 0 Å². The first kappa shape index (κ1) is 16.6. The van der Waals surface area contributed by atoms with E-state index in [4.69, 9.17) is 14.2 Å². The minimum absolute atomic E-state index is 0.0511. The number of carbonyl (C=O) groups excluding carboxylic acids is 1. The van der Waals surface area contributed by atoms with Gasteiger partial charge in [-0.25, -0.2) is 13.2 Å². The molecule has 1 aromatic carbocycles. The van der Waals surface area contributed by atoms with Crippen molar-refractivity contribution in [3.8, 4) is 0 Å². The third-order valence-corrected chi connectivity index (χ3v) is 6.37. The second-order valence-corrected chi connectivity index (χ2v) is 8.72. The fourth-order valence-corrected chi connectivity index (χ4v) is 4.93. The fraction of sp³-hybridized carbons (Fsp3) is 0.471. The summed E-state index contributed by atoms with van der Waals surface area (Å²) < 4.78 is 43.6. The van der Waals surface area contributed by atoms with Crippen LogP contribution in [0.1, 0.15) is 19.4 Å². The highest BCUT2D eigenvalue weighted by Crippen LogP contribution is 2.40. The highest BCUT2D eigenvalue weighted by Gasteiger charge is 2.58. The lowest BCUT2D eigenvalue weighted by Crippen LogP contribution is -2.48. The summed E-state index contributed by atoms with van der Waals surface area (Å²) in [5.74, 6) is -0.815. The van der Waals surface area contributed by atoms with E-state index in [0.717, 1.165) is 9.87 Å². The van der Waals surface area contributed by atoms with Crippen molar-refractivity contribution >= 4 is 16.1 Å². The van der Waals surface area contributed by atoms with E-state index in [2.05, 4.69) is 0 Å². The molecule has 0 aromatic heterocycles. The number of rotatable bonds is 2. The van der Waals surface area contributed by atoms with Crippen LogP contribution in [0.5, 0.6) is 0 Å². The van der Waals surface area contributed by atoms with E-state index >= 15 is 0 Å². The van der Waals surface area contributed by atoms with Crippen molar-refractivity contribution in [3.05, 3.63) is 42.0 Å². The number of hydrogen-bond acceptors (Lipinski definition) is 6. The van der Waals surface area contributed by atoms with Gasteiger partial charge in [-0.3, -0.25) is 0 Å². The van der Waals surface area contributed by atoms with Crippen LogP contribution in [0.4, 0.5) is 4.79 Å². The van der Waals surface area contributed by atoms with E-state index in [1.807, 2.05) is 6.92 Å². The summed E-state index contributed by atoms with van der Waals surface area (Å²) in [5, 5.41) is 0. The Kier molecular flexibility index (Phi) is 3.51. The van der Waals surface area contributed by atoms with Gasteiger partial charge in [-0.2, -0.15) is 4.31 Å². The van der Waals surface area contributed by atoms with Crippen molar-refractivity contribution in [2.45, 2.75) is 55.8 Å². The second-order valence-electron chi connectivity index (χ2n) is 6.90. The van der Waals surface area contributed by atoms with Crippen molar-refractivity contribution in [2.75, 3.05) is 0 Å². The van der Waals surface area contributed by atoms with E-state index in [1.165, 1.54) is 12.1 Å². The lowest BCUT2D eigenvalue weighted by molar-refractivity contribution is -0.151. The summed E-state index contributed by atoms with van der Waals surface area (Å²) >= 11 is 0. The minimum Gasteiger partial charge on any atom is -0.440 e. The first-order chi connectivity index (χ1) is 11.7. The molecule has 0 radical (unpaired) electrons. The number of sulfonamides is 1. The Balaban J connectivity index is 1.70. The molecular weight excluding hydrogens is 346 g/mol. The second kappa shape index (κ2) is 5.30. The lowest BCUT2D eigenvalue weighted by atomic mass is 9.95. The molecule has 4 rings (SSSR count). The maximum absolute atomic E-state index is 12.9. The van der Waals surface area contributed by atoms with Gasteiger partial charge >= 0.3 is 6.09 Å². The van der Waals surface area contributed by atoms with Crippen LogP contribution in [-0.4, -0.2) is 49.0 Å². The molecule has 0 bridgehead atoms. The molecule has 1 aliphatic carbocycles. The van der Waals surface area contributed by atoms with Crippen molar-refractivity contribution in [1.29, 1.82) is 0 Å². The molecule has 2 aliphatic heterocycles. The molecule has 0 N–H and O–H groups in total. The predicted octanol–water partition coefficient (Wildman–Crippen LogP) is 1.96. The predicted molar refractivity (Wildman–Crippen MR) is 87.2 cm³/mol. The third kappa shape index (κ3) is 2.56. The molecule has 2 heterocycles. The summed E-state index contributed by atoms with van der Waals surface area (Å²) in [6.07, 6.45) is 0.852. The number of benzene rings is 1. The molecule has 8 heteroatoms. The summed E-state index contributed by atoms with van der Waals surface area (Å²) in [5.41, 5.74) is 0.931. The summed E-state index contributed by atoms with van der Waals surface area (Å²) in [4.78, 5) is 12.4. The molecule has 1 amide bonds. The zero-order chi connectivity index (χ0) is 18.0. The van der Waals surface area contributed by atoms with E-state index in [9.17, 15) is 13.2 Å². The van der Waals surface area contributed by atoms with Crippen molar-refractivity contribution in [1.82, 2.24) is 4.31 Å². The van der Waals surface area contributed by atoms with Crippen molar-refractivity contribution in [2.24, 2.45) is 0 Å². The molecule has 2 saturated heterocycles. The third-order valence-electron chi connectivity index (χ3n) is 4.59. The van der Waals surface area contributed by atoms with Gasteiger partial charge in [0.25, 0.3) is 10.0 Å². The van der Waals surface area contributed by atoms with Crippen LogP contribution >= 0.6 is 0 Å². The Labute approximate surface area is 146 Å². The lowest BCUT2D eigenvalue weighted by Gasteiger charge is -2.29. The molecular formula is C17H19NO6S. The van der Waals surface area contributed by atoms with E-state index in [-0.39, 0.29) is 11.0 Å². The molecule has 25 heavy (non-hydrogen) atoms. The van der Waals surface area contributed by atoms with Crippen LogP contribution in [0, 0.1) is 6.92 Å². The van der Waals surface area contributed by atoms with E-state index in [1.54, 1.807) is 38.1 Å². The highest BCUT2D eigenvalue weighted by atomic mass is 32.2. The Bertz CT molecular complexity index is 844. The molecule has 4 atom stereocenters. The van der Waals surface area contributed by atoms with Crippen LogP contribution in [0.3, 0.4) is 0 Å². The Morgan fingerprint density at radius 3 is 2.40 bits per heavy atom. The number of fused-ring (bicyclic) bond motifs is 3. The smallest absolute Gasteiger partial charge is 0.425 e. The molecule has 1 aromatic rings. The van der Waals surface area contributed by atoms with Gasteiger partial charge in [0, 0.05) is 0 Å². The zero-order valence-electron chi connectivity index (χ0n) is 14.1. The van der Waals surface area contributed by atoms with E-state index in [0.29, 0.717) is 0 Å². The summed E-state index contributed by atoms with van der Waals surface area (Å²) in [6, 6.07) is 5.60. The maximum atomic E-state index is 12.9. The van der Waals surface area contributed by atoms with Gasteiger partial charge in [0.15, 0.2) is 11.9 Å². The summed E-state index contributed by atoms with van der Waals surface area (Å²) in [6.45, 7) is 5.40. The number of ether oxygens (including phenoxy) is 3. The Morgan fingerprint density at radius 2 is 1.72 bits per heavy atom. The van der Waals surface area contributed by atoms with Crippen LogP contribution in [0.25, 0.3) is 0 Å². The quantitative estimate of drug-likeness (QED) is 0.745. The van der Waals surface area contributed by atoms with Crippen molar-refractivity contribution in [3.63, 3.8) is 0 Å². The van der Waals surface area contributed by atoms with E-state index < -0.39 is 40.2 Å². The first-order valence-corrected chi connectivity index (χ1v) is 9.49. The monoisotopic (exact) mass is 365 g/mol. The fourth-order valence-electron chi connectivity index (χ4n) is 3.47. The van der Waals surface area contributed by atoms with Gasteiger partial charge in [-0.1, -0.05) is 29.8 Å². The molecule has 0 unspecified atom stereocenters. The van der Waals surface area contributed by atoms with Gasteiger partial charge in [-0.15, -0.1) is 0 Å². The highest BCUT2D eigenvalue weighted by molar-refractivity contribution is 7.89. The average Bonchev–Trinajstić information content (AvgIpc) is 3.02.